The van der Waals surface area contributed by atoms with Crippen LogP contribution in [0.5, 0.6) is 0 Å². The molecule has 0 radical (unpaired) electrons. The number of allylic oxidation sites excluding steroid dienone is 2. The quantitative estimate of drug-likeness (QED) is 0.0486. The lowest BCUT2D eigenvalue weighted by Crippen LogP contribution is -2.59. The zero-order valence-corrected chi connectivity index (χ0v) is 35.1. The molecule has 0 aromatic rings. The minimum atomic E-state index is -1.02. The number of ether oxygens (including phenoxy) is 1. The Bertz CT molecular complexity index is 1170. The van der Waals surface area contributed by atoms with E-state index in [1.54, 1.807) is 0 Å². The average molecular weight is 756 g/mol. The summed E-state index contributed by atoms with van der Waals surface area (Å²) in [4.78, 5) is 36.0. The molecule has 4 aliphatic carbocycles. The predicted molar refractivity (Wildman–Crippen MR) is 219 cm³/mol. The zero-order valence-electron chi connectivity index (χ0n) is 35.1. The molecule has 3 N–H and O–H groups in total. The molecule has 10 atom stereocenters. The van der Waals surface area contributed by atoms with Crippen LogP contribution in [0.3, 0.4) is 0 Å². The van der Waals surface area contributed by atoms with Crippen molar-refractivity contribution in [3.8, 4) is 0 Å². The number of hydrogen-bond donors (Lipinski definition) is 3. The third-order valence-electron chi connectivity index (χ3n) is 15.4. The van der Waals surface area contributed by atoms with Gasteiger partial charge in [0, 0.05) is 12.8 Å². The topological polar surface area (TPSA) is 113 Å². The largest absolute Gasteiger partial charge is 0.480 e. The number of aliphatic hydroxyl groups is 1. The summed E-state index contributed by atoms with van der Waals surface area (Å²) in [6.07, 6.45) is 35.1. The highest BCUT2D eigenvalue weighted by Gasteiger charge is 2.63. The first-order valence-corrected chi connectivity index (χ1v) is 23.0. The number of carboxylic acids is 1. The molecule has 54 heavy (non-hydrogen) atoms. The van der Waals surface area contributed by atoms with Crippen molar-refractivity contribution in [3.63, 3.8) is 0 Å². The van der Waals surface area contributed by atoms with E-state index in [4.69, 9.17) is 9.84 Å². The smallest absolute Gasteiger partial charge is 0.322 e. The molecule has 7 heteroatoms. The fourth-order valence-corrected chi connectivity index (χ4v) is 12.2. The molecule has 0 spiro atoms. The van der Waals surface area contributed by atoms with Crippen LogP contribution in [0.2, 0.25) is 0 Å². The molecule has 0 heterocycles. The summed E-state index contributed by atoms with van der Waals surface area (Å²) in [5, 5.41) is 23.3. The first kappa shape index (κ1) is 44.8. The van der Waals surface area contributed by atoms with Gasteiger partial charge >= 0.3 is 11.9 Å². The van der Waals surface area contributed by atoms with Crippen LogP contribution in [0.4, 0.5) is 0 Å². The van der Waals surface area contributed by atoms with E-state index in [9.17, 15) is 19.5 Å². The molecule has 4 fully saturated rings. The molecule has 7 nitrogen and oxygen atoms in total. The maximum atomic E-state index is 12.9. The van der Waals surface area contributed by atoms with Gasteiger partial charge in [0.1, 0.15) is 12.6 Å². The van der Waals surface area contributed by atoms with Gasteiger partial charge in [-0.2, -0.15) is 0 Å². The Morgan fingerprint density at radius 3 is 2.06 bits per heavy atom. The van der Waals surface area contributed by atoms with Gasteiger partial charge in [-0.15, -0.1) is 0 Å². The van der Waals surface area contributed by atoms with Gasteiger partial charge in [0.15, 0.2) is 0 Å². The van der Waals surface area contributed by atoms with Gasteiger partial charge in [0.25, 0.3) is 0 Å². The maximum Gasteiger partial charge on any atom is 0.322 e. The Morgan fingerprint density at radius 1 is 0.778 bits per heavy atom. The van der Waals surface area contributed by atoms with E-state index in [0.29, 0.717) is 48.3 Å². The molecule has 0 aromatic heterocycles. The zero-order chi connectivity index (χ0) is 39.0. The molecule has 310 valence electrons. The average Bonchev–Trinajstić information content (AvgIpc) is 3.51. The van der Waals surface area contributed by atoms with Crippen LogP contribution < -0.4 is 5.32 Å². The van der Waals surface area contributed by atoms with Crippen molar-refractivity contribution >= 4 is 17.8 Å². The normalized spacial score (nSPS) is 32.4. The first-order valence-electron chi connectivity index (χ1n) is 23.0. The van der Waals surface area contributed by atoms with Crippen molar-refractivity contribution in [1.29, 1.82) is 0 Å². The number of fused-ring (bicyclic) bond motifs is 5. The standard InChI is InChI=1S/C47H81NO6/c1-5-6-7-8-9-10-11-12-13-14-15-16-17-18-19-20-21-22-23-45(53)54-37-30-31-46(3)36(32-37)25-26-38-40-28-27-39(47(40,4)42(49)33-41(38)46)35(2)24-29-43(50)48-34-44(51)52/h13-14,35-42,49H,5-12,15-34H2,1-4H3,(H,48,50)(H,51,52)/b14-13-. The van der Waals surface area contributed by atoms with E-state index >= 15 is 0 Å². The third-order valence-corrected chi connectivity index (χ3v) is 15.4. The summed E-state index contributed by atoms with van der Waals surface area (Å²) in [6.45, 7) is 8.99. The summed E-state index contributed by atoms with van der Waals surface area (Å²) in [7, 11) is 0. The highest BCUT2D eigenvalue weighted by Crippen LogP contribution is 2.68. The second-order valence-corrected chi connectivity index (χ2v) is 18.9. The Morgan fingerprint density at radius 2 is 1.41 bits per heavy atom. The number of aliphatic hydroxyl groups excluding tert-OH is 1. The van der Waals surface area contributed by atoms with Gasteiger partial charge in [-0.05, 0) is 136 Å². The molecule has 4 aliphatic rings. The molecule has 10 unspecified atom stereocenters. The van der Waals surface area contributed by atoms with Gasteiger partial charge in [0.2, 0.25) is 5.91 Å². The summed E-state index contributed by atoms with van der Waals surface area (Å²) < 4.78 is 6.12. The molecular weight excluding hydrogens is 675 g/mol. The van der Waals surface area contributed by atoms with Crippen molar-refractivity contribution in [1.82, 2.24) is 5.32 Å². The van der Waals surface area contributed by atoms with Crippen LogP contribution in [0.25, 0.3) is 0 Å². The highest BCUT2D eigenvalue weighted by molar-refractivity contribution is 5.81. The molecule has 0 bridgehead atoms. The van der Waals surface area contributed by atoms with Gasteiger partial charge in [-0.1, -0.05) is 110 Å². The number of esters is 1. The van der Waals surface area contributed by atoms with Crippen LogP contribution in [0.1, 0.15) is 201 Å². The van der Waals surface area contributed by atoms with E-state index in [1.165, 1.54) is 103 Å². The molecular formula is C47H81NO6. The van der Waals surface area contributed by atoms with Gasteiger partial charge < -0.3 is 20.3 Å². The van der Waals surface area contributed by atoms with Crippen LogP contribution in [0, 0.1) is 46.3 Å². The van der Waals surface area contributed by atoms with Gasteiger partial charge in [-0.3, -0.25) is 14.4 Å². The van der Waals surface area contributed by atoms with E-state index in [-0.39, 0.29) is 41.5 Å². The Balaban J connectivity index is 1.08. The highest BCUT2D eigenvalue weighted by atomic mass is 16.5. The van der Waals surface area contributed by atoms with E-state index in [1.807, 2.05) is 0 Å². The lowest BCUT2D eigenvalue weighted by Gasteiger charge is -2.62. The number of rotatable bonds is 25. The minimum absolute atomic E-state index is 0.00471. The second-order valence-electron chi connectivity index (χ2n) is 18.9. The SMILES string of the molecule is CCCCCCCCC/C=C\CCCCCCCCCC(=O)OC1CCC2(C)C(CCC3C2CC(O)C2(C)C(C(C)CCC(=O)NCC(=O)O)CCC32)C1. The monoisotopic (exact) mass is 756 g/mol. The van der Waals surface area contributed by atoms with Crippen LogP contribution in [-0.4, -0.2) is 46.8 Å². The van der Waals surface area contributed by atoms with Gasteiger partial charge in [0.05, 0.1) is 6.10 Å². The molecule has 0 saturated heterocycles. The van der Waals surface area contributed by atoms with Crippen molar-refractivity contribution in [2.75, 3.05) is 6.54 Å². The Kier molecular flexibility index (Phi) is 18.9. The number of carboxylic acid groups (broad SMARTS) is 1. The first-order chi connectivity index (χ1) is 26.0. The van der Waals surface area contributed by atoms with E-state index < -0.39 is 5.97 Å². The van der Waals surface area contributed by atoms with Crippen LogP contribution in [0.15, 0.2) is 12.2 Å². The molecule has 1 amide bonds. The lowest BCUT2D eigenvalue weighted by molar-refractivity contribution is -0.181. The summed E-state index contributed by atoms with van der Waals surface area (Å²) in [5.74, 6) is 1.61. The van der Waals surface area contributed by atoms with Crippen molar-refractivity contribution < 1.29 is 29.3 Å². The van der Waals surface area contributed by atoms with Crippen LogP contribution in [-0.2, 0) is 19.1 Å². The van der Waals surface area contributed by atoms with E-state index in [0.717, 1.165) is 57.8 Å². The summed E-state index contributed by atoms with van der Waals surface area (Å²) in [6, 6.07) is 0. The number of carbonyl (C=O) groups excluding carboxylic acids is 2. The number of carbonyl (C=O) groups is 3. The van der Waals surface area contributed by atoms with Crippen molar-refractivity contribution in [2.45, 2.75) is 213 Å². The van der Waals surface area contributed by atoms with Crippen molar-refractivity contribution in [2.24, 2.45) is 46.3 Å². The second kappa shape index (κ2) is 22.7. The molecule has 4 rings (SSSR count). The van der Waals surface area contributed by atoms with Crippen molar-refractivity contribution in [3.05, 3.63) is 12.2 Å². The summed E-state index contributed by atoms with van der Waals surface area (Å²) >= 11 is 0. The number of unbranched alkanes of at least 4 members (excludes halogenated alkanes) is 14. The number of hydrogen-bond acceptors (Lipinski definition) is 5. The fraction of sp³-hybridized carbons (Fsp3) is 0.894. The Hall–Kier alpha value is -1.89. The fourth-order valence-electron chi connectivity index (χ4n) is 12.2. The molecule has 0 aliphatic heterocycles. The maximum absolute atomic E-state index is 12.9. The predicted octanol–water partition coefficient (Wildman–Crippen LogP) is 11.4. The minimum Gasteiger partial charge on any atom is -0.480 e. The molecule has 0 aromatic carbocycles. The Labute approximate surface area is 330 Å². The van der Waals surface area contributed by atoms with Crippen LogP contribution >= 0.6 is 0 Å². The number of aliphatic carboxylic acids is 1. The number of amides is 1. The molecule has 4 saturated carbocycles. The summed E-state index contributed by atoms with van der Waals surface area (Å²) in [5.41, 5.74) is 0.0431. The van der Waals surface area contributed by atoms with Gasteiger partial charge in [-0.25, -0.2) is 0 Å². The van der Waals surface area contributed by atoms with E-state index in [2.05, 4.69) is 45.2 Å². The third kappa shape index (κ3) is 12.6. The number of nitrogens with one attached hydrogen (secondary N) is 1. The lowest BCUT2D eigenvalue weighted by atomic mass is 9.43.